The smallest absolute Gasteiger partial charge is 0.274 e. The van der Waals surface area contributed by atoms with E-state index in [4.69, 9.17) is 5.26 Å². The molecule has 0 bridgehead atoms. The van der Waals surface area contributed by atoms with Crippen molar-refractivity contribution in [1.29, 1.82) is 5.26 Å². The Hall–Kier alpha value is -3.46. The van der Waals surface area contributed by atoms with E-state index in [9.17, 15) is 9.59 Å². The van der Waals surface area contributed by atoms with Gasteiger partial charge in [-0.3, -0.25) is 14.6 Å². The quantitative estimate of drug-likeness (QED) is 0.853. The highest BCUT2D eigenvalue weighted by molar-refractivity contribution is 6.44. The third kappa shape index (κ3) is 3.33. The van der Waals surface area contributed by atoms with Crippen LogP contribution >= 0.6 is 0 Å². The number of hydrogen-bond acceptors (Lipinski definition) is 5. The maximum atomic E-state index is 12.9. The monoisotopic (exact) mass is 346 g/mol. The van der Waals surface area contributed by atoms with Crippen LogP contribution in [0, 0.1) is 11.3 Å². The van der Waals surface area contributed by atoms with Crippen LogP contribution in [-0.2, 0) is 9.59 Å². The van der Waals surface area contributed by atoms with Crippen LogP contribution in [0.1, 0.15) is 18.9 Å². The molecule has 130 valence electrons. The number of ketones is 1. The molecule has 0 unspecified atom stereocenters. The Bertz CT molecular complexity index is 915. The van der Waals surface area contributed by atoms with Crippen LogP contribution in [-0.4, -0.2) is 30.5 Å². The molecule has 1 aliphatic rings. The summed E-state index contributed by atoms with van der Waals surface area (Å²) in [7, 11) is 1.63. The van der Waals surface area contributed by atoms with Crippen molar-refractivity contribution in [2.24, 2.45) is 5.10 Å². The van der Waals surface area contributed by atoms with E-state index in [1.807, 2.05) is 30.3 Å². The minimum absolute atomic E-state index is 0.0467. The summed E-state index contributed by atoms with van der Waals surface area (Å²) in [6.45, 7) is 1.50. The van der Waals surface area contributed by atoms with Gasteiger partial charge in [-0.05, 0) is 37.3 Å². The highest BCUT2D eigenvalue weighted by Gasteiger charge is 2.35. The van der Waals surface area contributed by atoms with Gasteiger partial charge in [0.05, 0.1) is 17.3 Å². The van der Waals surface area contributed by atoms with Gasteiger partial charge >= 0.3 is 0 Å². The summed E-state index contributed by atoms with van der Waals surface area (Å²) < 4.78 is 0. The molecule has 6 nitrogen and oxygen atoms in total. The third-order valence-electron chi connectivity index (χ3n) is 4.31. The first-order chi connectivity index (χ1) is 12.5. The van der Waals surface area contributed by atoms with Crippen molar-refractivity contribution in [3.8, 4) is 6.07 Å². The molecule has 0 aliphatic carbocycles. The van der Waals surface area contributed by atoms with Crippen molar-refractivity contribution in [3.63, 3.8) is 0 Å². The molecular weight excluding hydrogens is 328 g/mol. The average molecular weight is 346 g/mol. The Morgan fingerprint density at radius 3 is 2.58 bits per heavy atom. The van der Waals surface area contributed by atoms with Gasteiger partial charge in [0.2, 0.25) is 0 Å². The van der Waals surface area contributed by atoms with Crippen LogP contribution < -0.4 is 9.91 Å². The molecule has 0 saturated carbocycles. The van der Waals surface area contributed by atoms with Gasteiger partial charge in [-0.25, -0.2) is 0 Å². The zero-order valence-electron chi connectivity index (χ0n) is 14.6. The number of nitriles is 1. The molecule has 0 spiro atoms. The summed E-state index contributed by atoms with van der Waals surface area (Å²) in [5.41, 5.74) is 2.17. The van der Waals surface area contributed by atoms with Gasteiger partial charge in [0, 0.05) is 19.2 Å². The lowest BCUT2D eigenvalue weighted by atomic mass is 10.1. The molecule has 1 aliphatic heterocycles. The van der Waals surface area contributed by atoms with Crippen molar-refractivity contribution in [2.75, 3.05) is 17.0 Å². The number of amides is 1. The SMILES string of the molecule is CC(=O)[C@H]1CC(C(=O)N(C)c2cccc(C#N)c2)=NN1c1ccccc1. The van der Waals surface area contributed by atoms with E-state index in [0.29, 0.717) is 17.0 Å². The zero-order chi connectivity index (χ0) is 18.7. The first-order valence-corrected chi connectivity index (χ1v) is 8.21. The van der Waals surface area contributed by atoms with Gasteiger partial charge in [-0.15, -0.1) is 0 Å². The lowest BCUT2D eigenvalue weighted by molar-refractivity contribution is -0.118. The predicted octanol–water partition coefficient (Wildman–Crippen LogP) is 2.74. The number of benzene rings is 2. The Kier molecular flexibility index (Phi) is 4.81. The molecule has 6 heteroatoms. The van der Waals surface area contributed by atoms with Crippen molar-refractivity contribution < 1.29 is 9.59 Å². The molecule has 1 atom stereocenters. The van der Waals surface area contributed by atoms with Crippen LogP contribution in [0.3, 0.4) is 0 Å². The first-order valence-electron chi connectivity index (χ1n) is 8.21. The highest BCUT2D eigenvalue weighted by atomic mass is 16.2. The van der Waals surface area contributed by atoms with Crippen LogP contribution in [0.2, 0.25) is 0 Å². The predicted molar refractivity (Wildman–Crippen MR) is 100 cm³/mol. The summed E-state index contributed by atoms with van der Waals surface area (Å²) >= 11 is 0. The molecule has 2 aromatic rings. The van der Waals surface area contributed by atoms with Gasteiger partial charge in [-0.2, -0.15) is 10.4 Å². The minimum Gasteiger partial charge on any atom is -0.310 e. The van der Waals surface area contributed by atoms with Crippen LogP contribution in [0.25, 0.3) is 0 Å². The summed E-state index contributed by atoms with van der Waals surface area (Å²) in [4.78, 5) is 26.4. The van der Waals surface area contributed by atoms with Crippen molar-refractivity contribution in [3.05, 3.63) is 60.2 Å². The van der Waals surface area contributed by atoms with Gasteiger partial charge < -0.3 is 4.90 Å². The van der Waals surface area contributed by atoms with Gasteiger partial charge in [0.1, 0.15) is 11.8 Å². The molecule has 1 heterocycles. The van der Waals surface area contributed by atoms with Gasteiger partial charge in [-0.1, -0.05) is 24.3 Å². The van der Waals surface area contributed by atoms with Crippen molar-refractivity contribution >= 4 is 28.8 Å². The maximum Gasteiger partial charge on any atom is 0.274 e. The molecule has 2 aromatic carbocycles. The normalized spacial score (nSPS) is 16.0. The Labute approximate surface area is 152 Å². The topological polar surface area (TPSA) is 76.8 Å². The molecule has 1 amide bonds. The third-order valence-corrected chi connectivity index (χ3v) is 4.31. The molecule has 0 radical (unpaired) electrons. The van der Waals surface area contributed by atoms with Crippen molar-refractivity contribution in [2.45, 2.75) is 19.4 Å². The summed E-state index contributed by atoms with van der Waals surface area (Å²) in [6, 6.07) is 17.7. The molecule has 0 saturated heterocycles. The van der Waals surface area contributed by atoms with Crippen LogP contribution in [0.15, 0.2) is 59.7 Å². The Balaban J connectivity index is 1.89. The Morgan fingerprint density at radius 1 is 1.19 bits per heavy atom. The largest absolute Gasteiger partial charge is 0.310 e. The summed E-state index contributed by atoms with van der Waals surface area (Å²) in [6.07, 6.45) is 0.255. The number of carbonyl (C=O) groups is 2. The second kappa shape index (κ2) is 7.19. The number of carbonyl (C=O) groups excluding carboxylic acids is 2. The van der Waals surface area contributed by atoms with Crippen molar-refractivity contribution in [1.82, 2.24) is 0 Å². The Morgan fingerprint density at radius 2 is 1.92 bits per heavy atom. The molecule has 0 aromatic heterocycles. The average Bonchev–Trinajstić information content (AvgIpc) is 3.13. The van der Waals surface area contributed by atoms with E-state index in [0.717, 1.165) is 5.69 Å². The maximum absolute atomic E-state index is 12.9. The fourth-order valence-corrected chi connectivity index (χ4v) is 2.87. The number of hydrogen-bond donors (Lipinski definition) is 0. The minimum atomic E-state index is -0.491. The second-order valence-electron chi connectivity index (χ2n) is 6.08. The molecular formula is C20H18N4O2. The first kappa shape index (κ1) is 17.4. The van der Waals surface area contributed by atoms with E-state index in [1.54, 1.807) is 36.3 Å². The number of anilines is 2. The lowest BCUT2D eigenvalue weighted by Gasteiger charge is -2.20. The molecule has 0 N–H and O–H groups in total. The van der Waals surface area contributed by atoms with Crippen LogP contribution in [0.4, 0.5) is 11.4 Å². The number of para-hydroxylation sites is 1. The van der Waals surface area contributed by atoms with E-state index in [1.165, 1.54) is 11.8 Å². The molecule has 3 rings (SSSR count). The number of Topliss-reactive ketones (excluding diaryl/α,β-unsaturated/α-hetero) is 1. The second-order valence-corrected chi connectivity index (χ2v) is 6.08. The molecule has 26 heavy (non-hydrogen) atoms. The highest BCUT2D eigenvalue weighted by Crippen LogP contribution is 2.26. The fraction of sp³-hybridized carbons (Fsp3) is 0.200. The zero-order valence-corrected chi connectivity index (χ0v) is 14.6. The van der Waals surface area contributed by atoms with E-state index < -0.39 is 6.04 Å². The van der Waals surface area contributed by atoms with Crippen LogP contribution in [0.5, 0.6) is 0 Å². The lowest BCUT2D eigenvalue weighted by Crippen LogP contribution is -2.35. The number of rotatable bonds is 4. The number of hydrazone groups is 1. The van der Waals surface area contributed by atoms with E-state index in [2.05, 4.69) is 11.2 Å². The molecule has 0 fully saturated rings. The standard InChI is InChI=1S/C20H18N4O2/c1-14(25)19-12-18(22-24(19)16-8-4-3-5-9-16)20(26)23(2)17-10-6-7-15(11-17)13-21/h3-11,19H,12H2,1-2H3/t19-/m1/s1. The number of nitrogens with zero attached hydrogens (tertiary/aromatic N) is 4. The van der Waals surface area contributed by atoms with E-state index in [-0.39, 0.29) is 18.1 Å². The fourth-order valence-electron chi connectivity index (χ4n) is 2.87. The van der Waals surface area contributed by atoms with Gasteiger partial charge in [0.15, 0.2) is 5.78 Å². The summed E-state index contributed by atoms with van der Waals surface area (Å²) in [5, 5.41) is 15.1. The van der Waals surface area contributed by atoms with E-state index >= 15 is 0 Å². The van der Waals surface area contributed by atoms with Gasteiger partial charge in [0.25, 0.3) is 5.91 Å². The summed E-state index contributed by atoms with van der Waals surface area (Å²) in [5.74, 6) is -0.334.